The lowest BCUT2D eigenvalue weighted by molar-refractivity contribution is -0.103. The number of thiazole rings is 1. The first-order valence-corrected chi connectivity index (χ1v) is 10.4. The van der Waals surface area contributed by atoms with Crippen molar-refractivity contribution in [1.29, 1.82) is 0 Å². The normalized spacial score (nSPS) is 15.6. The minimum Gasteiger partial charge on any atom is -0.309 e. The number of aryl methyl sites for hydroxylation is 1. The van der Waals surface area contributed by atoms with Crippen LogP contribution in [-0.2, 0) is 0 Å². The number of halogens is 2. The third-order valence-corrected chi connectivity index (χ3v) is 6.21. The molecule has 11 heteroatoms. The van der Waals surface area contributed by atoms with Gasteiger partial charge in [0.1, 0.15) is 17.8 Å². The zero-order valence-electron chi connectivity index (χ0n) is 16.3. The Labute approximate surface area is 179 Å². The summed E-state index contributed by atoms with van der Waals surface area (Å²) in [6, 6.07) is 9.96. The summed E-state index contributed by atoms with van der Waals surface area (Å²) in [4.78, 5) is 21.2. The van der Waals surface area contributed by atoms with Crippen LogP contribution in [0.3, 0.4) is 0 Å². The van der Waals surface area contributed by atoms with Crippen molar-refractivity contribution in [2.45, 2.75) is 31.7 Å². The number of anilines is 2. The first-order valence-electron chi connectivity index (χ1n) is 9.57. The molecule has 31 heavy (non-hydrogen) atoms. The molecule has 0 radical (unpaired) electrons. The summed E-state index contributed by atoms with van der Waals surface area (Å²) in [6.45, 7) is 1.99. The Hall–Kier alpha value is -3.47. The van der Waals surface area contributed by atoms with E-state index in [1.54, 1.807) is 22.8 Å². The lowest BCUT2D eigenvalue weighted by atomic mass is 9.88. The number of alkyl halides is 2. The Morgan fingerprint density at radius 2 is 1.97 bits per heavy atom. The second-order valence-electron chi connectivity index (χ2n) is 7.41. The monoisotopic (exact) mass is 441 g/mol. The van der Waals surface area contributed by atoms with Crippen LogP contribution < -0.4 is 10.6 Å². The molecule has 0 saturated heterocycles. The van der Waals surface area contributed by atoms with Crippen molar-refractivity contribution >= 4 is 38.5 Å². The number of carbonyl (C=O) groups is 1. The number of carbonyl (C=O) groups excluding carboxylic acids is 1. The van der Waals surface area contributed by atoms with Crippen LogP contribution in [0.15, 0.2) is 42.7 Å². The molecular formula is C20H17F2N7OS. The molecule has 1 fully saturated rings. The van der Waals surface area contributed by atoms with E-state index in [1.165, 1.54) is 17.7 Å². The zero-order valence-corrected chi connectivity index (χ0v) is 17.2. The Morgan fingerprint density at radius 1 is 1.16 bits per heavy atom. The van der Waals surface area contributed by atoms with Crippen molar-refractivity contribution < 1.29 is 13.6 Å². The predicted octanol–water partition coefficient (Wildman–Crippen LogP) is 4.87. The molecule has 1 aliphatic carbocycles. The molecule has 0 spiro atoms. The van der Waals surface area contributed by atoms with Crippen molar-refractivity contribution in [1.82, 2.24) is 24.7 Å². The number of benzene rings is 1. The zero-order chi connectivity index (χ0) is 21.6. The van der Waals surface area contributed by atoms with Crippen LogP contribution in [-0.4, -0.2) is 36.7 Å². The van der Waals surface area contributed by atoms with Crippen molar-refractivity contribution in [3.63, 3.8) is 0 Å². The molecule has 0 aliphatic heterocycles. The maximum Gasteiger partial charge on any atom is 0.326 e. The summed E-state index contributed by atoms with van der Waals surface area (Å²) < 4.78 is 29.1. The topological polar surface area (TPSA) is 97.6 Å². The van der Waals surface area contributed by atoms with Gasteiger partial charge in [-0.15, -0.1) is 10.2 Å². The second-order valence-corrected chi connectivity index (χ2v) is 8.41. The number of rotatable bonds is 4. The van der Waals surface area contributed by atoms with E-state index in [1.807, 2.05) is 25.1 Å². The number of hydrogen-bond acceptors (Lipinski definition) is 6. The van der Waals surface area contributed by atoms with Gasteiger partial charge in [0.25, 0.3) is 5.92 Å². The highest BCUT2D eigenvalue weighted by Gasteiger charge is 2.47. The Bertz CT molecular complexity index is 1280. The minimum atomic E-state index is -2.65. The number of aromatic nitrogens is 5. The van der Waals surface area contributed by atoms with Gasteiger partial charge in [0.05, 0.1) is 10.2 Å². The summed E-state index contributed by atoms with van der Waals surface area (Å²) >= 11 is 1.39. The van der Waals surface area contributed by atoms with Gasteiger partial charge in [-0.25, -0.2) is 23.5 Å². The molecule has 0 atom stereocenters. The van der Waals surface area contributed by atoms with E-state index in [0.717, 1.165) is 15.8 Å². The molecule has 1 aromatic carbocycles. The van der Waals surface area contributed by atoms with Crippen LogP contribution in [0.25, 0.3) is 21.7 Å². The molecule has 1 saturated carbocycles. The number of pyridine rings is 1. The average molecular weight is 441 g/mol. The summed E-state index contributed by atoms with van der Waals surface area (Å²) in [5.74, 6) is -1.98. The molecule has 2 amide bonds. The van der Waals surface area contributed by atoms with E-state index < -0.39 is 12.0 Å². The van der Waals surface area contributed by atoms with Crippen molar-refractivity contribution in [2.75, 3.05) is 10.6 Å². The molecule has 158 valence electrons. The highest BCUT2D eigenvalue weighted by Crippen LogP contribution is 2.46. The van der Waals surface area contributed by atoms with Crippen molar-refractivity contribution in [3.8, 4) is 11.5 Å². The lowest BCUT2D eigenvalue weighted by Crippen LogP contribution is -2.37. The number of nitrogens with zero attached hydrogens (tertiary/aromatic N) is 5. The summed E-state index contributed by atoms with van der Waals surface area (Å²) in [5, 5.41) is 13.7. The van der Waals surface area contributed by atoms with E-state index in [9.17, 15) is 13.6 Å². The predicted molar refractivity (Wildman–Crippen MR) is 113 cm³/mol. The van der Waals surface area contributed by atoms with E-state index in [0.29, 0.717) is 22.5 Å². The van der Waals surface area contributed by atoms with Crippen LogP contribution in [0.1, 0.15) is 24.4 Å². The molecule has 1 aliphatic rings. The van der Waals surface area contributed by atoms with Gasteiger partial charge >= 0.3 is 6.03 Å². The molecule has 0 bridgehead atoms. The van der Waals surface area contributed by atoms with Crippen LogP contribution in [0, 0.1) is 6.92 Å². The highest BCUT2D eigenvalue weighted by atomic mass is 32.1. The van der Waals surface area contributed by atoms with Gasteiger partial charge in [-0.3, -0.25) is 10.6 Å². The lowest BCUT2D eigenvalue weighted by Gasteiger charge is -2.35. The molecule has 5 rings (SSSR count). The van der Waals surface area contributed by atoms with Gasteiger partial charge in [-0.1, -0.05) is 29.5 Å². The average Bonchev–Trinajstić information content (AvgIpc) is 3.33. The number of nitrogens with one attached hydrogen (secondary N) is 2. The maximum absolute atomic E-state index is 13.3. The van der Waals surface area contributed by atoms with Gasteiger partial charge in [0, 0.05) is 18.9 Å². The number of hydrogen-bond donors (Lipinski definition) is 2. The van der Waals surface area contributed by atoms with Gasteiger partial charge < -0.3 is 4.57 Å². The molecule has 2 N–H and O–H groups in total. The molecular weight excluding hydrogens is 424 g/mol. The first-order chi connectivity index (χ1) is 14.9. The number of fused-ring (bicyclic) bond motifs is 1. The smallest absolute Gasteiger partial charge is 0.309 e. The highest BCUT2D eigenvalue weighted by molar-refractivity contribution is 7.22. The Kier molecular flexibility index (Phi) is 4.62. The van der Waals surface area contributed by atoms with E-state index in [2.05, 4.69) is 30.8 Å². The third-order valence-electron chi connectivity index (χ3n) is 5.09. The summed E-state index contributed by atoms with van der Waals surface area (Å²) in [5.41, 5.74) is 2.34. The number of urea groups is 1. The molecule has 8 nitrogen and oxygen atoms in total. The third kappa shape index (κ3) is 3.83. The fourth-order valence-corrected chi connectivity index (χ4v) is 4.46. The summed E-state index contributed by atoms with van der Waals surface area (Å²) in [7, 11) is 0. The standard InChI is InChI=1S/C20H17F2N7OS/c1-11-4-2-5-13-16(11)31-19(25-13)27-18(30)26-15-7-3-6-14(24-15)17-28-23-10-29(17)12-8-20(21,22)9-12/h2-7,10,12H,8-9H2,1H3,(H2,24,25,26,27,30). The van der Waals surface area contributed by atoms with Gasteiger partial charge in [-0.05, 0) is 30.7 Å². The largest absolute Gasteiger partial charge is 0.326 e. The van der Waals surface area contributed by atoms with E-state index in [-0.39, 0.29) is 18.9 Å². The van der Waals surface area contributed by atoms with E-state index in [4.69, 9.17) is 0 Å². The molecule has 0 unspecified atom stereocenters. The SMILES string of the molecule is Cc1cccc2nc(NC(=O)Nc3cccc(-c4nncn4C4CC(F)(F)C4)n3)sc12. The minimum absolute atomic E-state index is 0.250. The Balaban J connectivity index is 1.31. The van der Waals surface area contributed by atoms with Crippen LogP contribution in [0.5, 0.6) is 0 Å². The van der Waals surface area contributed by atoms with Crippen molar-refractivity contribution in [3.05, 3.63) is 48.3 Å². The summed E-state index contributed by atoms with van der Waals surface area (Å²) in [6.07, 6.45) is 0.929. The second kappa shape index (κ2) is 7.34. The van der Waals surface area contributed by atoms with Gasteiger partial charge in [0.2, 0.25) is 0 Å². The molecule has 3 aromatic heterocycles. The fraction of sp³-hybridized carbons (Fsp3) is 0.250. The number of amides is 2. The van der Waals surface area contributed by atoms with E-state index >= 15 is 0 Å². The van der Waals surface area contributed by atoms with Crippen molar-refractivity contribution in [2.24, 2.45) is 0 Å². The van der Waals surface area contributed by atoms with Crippen LogP contribution in [0.4, 0.5) is 24.5 Å². The van der Waals surface area contributed by atoms with Gasteiger partial charge in [-0.2, -0.15) is 0 Å². The van der Waals surface area contributed by atoms with Crippen LogP contribution in [0.2, 0.25) is 0 Å². The Morgan fingerprint density at radius 3 is 2.74 bits per heavy atom. The fourth-order valence-electron chi connectivity index (χ4n) is 3.53. The van der Waals surface area contributed by atoms with Crippen LogP contribution >= 0.6 is 11.3 Å². The maximum atomic E-state index is 13.3. The quantitative estimate of drug-likeness (QED) is 0.471. The molecule has 3 heterocycles. The first kappa shape index (κ1) is 19.5. The van der Waals surface area contributed by atoms with Gasteiger partial charge in [0.15, 0.2) is 11.0 Å². The molecule has 4 aromatic rings.